The lowest BCUT2D eigenvalue weighted by Gasteiger charge is -2.25. The zero-order valence-corrected chi connectivity index (χ0v) is 13.1. The number of carbonyl (C=O) groups is 1. The summed E-state index contributed by atoms with van der Waals surface area (Å²) in [5, 5.41) is 4.01. The van der Waals surface area contributed by atoms with E-state index >= 15 is 0 Å². The fourth-order valence-electron chi connectivity index (χ4n) is 2.78. The molecule has 108 valence electrons. The van der Waals surface area contributed by atoms with Crippen molar-refractivity contribution in [3.05, 3.63) is 29.3 Å². The summed E-state index contributed by atoms with van der Waals surface area (Å²) in [7, 11) is 0. The van der Waals surface area contributed by atoms with E-state index in [-0.39, 0.29) is 10.7 Å². The van der Waals surface area contributed by atoms with Gasteiger partial charge >= 0.3 is 0 Å². The molecule has 0 spiro atoms. The Labute approximate surface area is 129 Å². The summed E-state index contributed by atoms with van der Waals surface area (Å²) in [6, 6.07) is 8.18. The van der Waals surface area contributed by atoms with Crippen molar-refractivity contribution in [1.29, 1.82) is 0 Å². The maximum Gasteiger partial charge on any atom is 0.236 e. The summed E-state index contributed by atoms with van der Waals surface area (Å²) in [6.45, 7) is 0. The van der Waals surface area contributed by atoms with Crippen molar-refractivity contribution >= 4 is 29.3 Å². The van der Waals surface area contributed by atoms with Crippen LogP contribution in [0.2, 0.25) is 5.02 Å². The second-order valence-electron chi connectivity index (χ2n) is 5.86. The van der Waals surface area contributed by atoms with Crippen LogP contribution in [0.3, 0.4) is 0 Å². The lowest BCUT2D eigenvalue weighted by Crippen LogP contribution is -2.42. The molecule has 0 atom stereocenters. The van der Waals surface area contributed by atoms with Gasteiger partial charge in [-0.3, -0.25) is 4.79 Å². The van der Waals surface area contributed by atoms with Gasteiger partial charge in [-0.25, -0.2) is 0 Å². The van der Waals surface area contributed by atoms with Gasteiger partial charge in [-0.2, -0.15) is 0 Å². The molecular formula is C16H20ClNOS. The fourth-order valence-corrected chi connectivity index (χ4v) is 4.09. The van der Waals surface area contributed by atoms with Crippen LogP contribution in [0.5, 0.6) is 0 Å². The van der Waals surface area contributed by atoms with Crippen LogP contribution in [0.25, 0.3) is 0 Å². The fraction of sp³-hybridized carbons (Fsp3) is 0.562. The standard InChI is InChI=1S/C16H20ClNOS/c17-12-6-8-14(9-7-12)20-16(10-11-16)15(19)18-13-4-2-1-3-5-13/h6-9,13H,1-5,10-11H2,(H,18,19). The van der Waals surface area contributed by atoms with E-state index in [9.17, 15) is 4.79 Å². The molecule has 3 rings (SSSR count). The van der Waals surface area contributed by atoms with E-state index in [4.69, 9.17) is 11.6 Å². The predicted molar refractivity (Wildman–Crippen MR) is 84.3 cm³/mol. The van der Waals surface area contributed by atoms with Gasteiger partial charge in [-0.05, 0) is 49.9 Å². The Morgan fingerprint density at radius 2 is 1.80 bits per heavy atom. The number of hydrogen-bond acceptors (Lipinski definition) is 2. The number of amides is 1. The molecule has 1 N–H and O–H groups in total. The van der Waals surface area contributed by atoms with Crippen molar-refractivity contribution < 1.29 is 4.79 Å². The van der Waals surface area contributed by atoms with E-state index in [2.05, 4.69) is 5.32 Å². The number of rotatable bonds is 4. The molecule has 0 aromatic heterocycles. The maximum absolute atomic E-state index is 12.5. The quantitative estimate of drug-likeness (QED) is 0.892. The van der Waals surface area contributed by atoms with Gasteiger partial charge in [0.15, 0.2) is 0 Å². The average molecular weight is 310 g/mol. The molecule has 2 aliphatic carbocycles. The minimum Gasteiger partial charge on any atom is -0.352 e. The molecule has 1 amide bonds. The molecule has 0 bridgehead atoms. The third kappa shape index (κ3) is 3.32. The number of benzene rings is 1. The average Bonchev–Trinajstić information content (AvgIpc) is 3.24. The first kappa shape index (κ1) is 14.3. The molecule has 20 heavy (non-hydrogen) atoms. The molecule has 2 nitrogen and oxygen atoms in total. The Balaban J connectivity index is 1.60. The molecule has 0 saturated heterocycles. The maximum atomic E-state index is 12.5. The Hall–Kier alpha value is -0.670. The SMILES string of the molecule is O=C(NC1CCCCC1)C1(Sc2ccc(Cl)cc2)CC1. The van der Waals surface area contributed by atoms with Gasteiger partial charge in [0.25, 0.3) is 0 Å². The van der Waals surface area contributed by atoms with Gasteiger partial charge in [0.1, 0.15) is 0 Å². The molecule has 2 saturated carbocycles. The second kappa shape index (κ2) is 5.98. The zero-order chi connectivity index (χ0) is 14.0. The molecule has 0 heterocycles. The van der Waals surface area contributed by atoms with Crippen LogP contribution in [0.4, 0.5) is 0 Å². The lowest BCUT2D eigenvalue weighted by atomic mass is 9.95. The minimum atomic E-state index is -0.217. The minimum absolute atomic E-state index is 0.217. The largest absolute Gasteiger partial charge is 0.352 e. The molecular weight excluding hydrogens is 290 g/mol. The zero-order valence-electron chi connectivity index (χ0n) is 11.5. The van der Waals surface area contributed by atoms with E-state index in [1.165, 1.54) is 19.3 Å². The third-order valence-corrected chi connectivity index (χ3v) is 5.93. The van der Waals surface area contributed by atoms with Gasteiger partial charge in [0.05, 0.1) is 4.75 Å². The van der Waals surface area contributed by atoms with Crippen molar-refractivity contribution in [2.24, 2.45) is 0 Å². The Kier molecular flexibility index (Phi) is 4.27. The Morgan fingerprint density at radius 3 is 2.40 bits per heavy atom. The summed E-state index contributed by atoms with van der Waals surface area (Å²) in [6.07, 6.45) is 8.08. The van der Waals surface area contributed by atoms with E-state index in [0.717, 1.165) is 35.6 Å². The van der Waals surface area contributed by atoms with E-state index in [1.807, 2.05) is 24.3 Å². The van der Waals surface area contributed by atoms with Crippen LogP contribution >= 0.6 is 23.4 Å². The molecule has 2 aliphatic rings. The molecule has 2 fully saturated rings. The summed E-state index contributed by atoms with van der Waals surface area (Å²) in [4.78, 5) is 13.6. The topological polar surface area (TPSA) is 29.1 Å². The summed E-state index contributed by atoms with van der Waals surface area (Å²) in [5.74, 6) is 0.240. The van der Waals surface area contributed by atoms with Crippen LogP contribution in [-0.4, -0.2) is 16.7 Å². The van der Waals surface area contributed by atoms with E-state index in [0.29, 0.717) is 6.04 Å². The number of carbonyl (C=O) groups excluding carboxylic acids is 1. The molecule has 0 aliphatic heterocycles. The van der Waals surface area contributed by atoms with E-state index < -0.39 is 0 Å². The second-order valence-corrected chi connectivity index (χ2v) is 7.75. The van der Waals surface area contributed by atoms with Crippen LogP contribution in [0, 0.1) is 0 Å². The number of thioether (sulfide) groups is 1. The van der Waals surface area contributed by atoms with Gasteiger partial charge in [-0.15, -0.1) is 11.8 Å². The van der Waals surface area contributed by atoms with Crippen molar-refractivity contribution in [3.8, 4) is 0 Å². The highest BCUT2D eigenvalue weighted by atomic mass is 35.5. The van der Waals surface area contributed by atoms with Crippen molar-refractivity contribution in [3.63, 3.8) is 0 Å². The molecule has 4 heteroatoms. The van der Waals surface area contributed by atoms with Crippen molar-refractivity contribution in [2.75, 3.05) is 0 Å². The third-order valence-electron chi connectivity index (χ3n) is 4.19. The highest BCUT2D eigenvalue weighted by Gasteiger charge is 2.51. The van der Waals surface area contributed by atoms with Gasteiger partial charge in [0.2, 0.25) is 5.91 Å². The summed E-state index contributed by atoms with van der Waals surface area (Å²) >= 11 is 7.59. The Bertz CT molecular complexity index is 478. The summed E-state index contributed by atoms with van der Waals surface area (Å²) in [5.41, 5.74) is 0. The smallest absolute Gasteiger partial charge is 0.236 e. The normalized spacial score (nSPS) is 21.4. The van der Waals surface area contributed by atoms with Gasteiger partial charge in [0, 0.05) is 16.0 Å². The van der Waals surface area contributed by atoms with Gasteiger partial charge < -0.3 is 5.32 Å². The first-order valence-corrected chi connectivity index (χ1v) is 8.63. The predicted octanol–water partition coefficient (Wildman–Crippen LogP) is 4.41. The summed E-state index contributed by atoms with van der Waals surface area (Å²) < 4.78 is -0.217. The molecule has 0 radical (unpaired) electrons. The lowest BCUT2D eigenvalue weighted by molar-refractivity contribution is -0.122. The number of hydrogen-bond donors (Lipinski definition) is 1. The van der Waals surface area contributed by atoms with Crippen molar-refractivity contribution in [2.45, 2.75) is 60.6 Å². The van der Waals surface area contributed by atoms with Crippen molar-refractivity contribution in [1.82, 2.24) is 5.32 Å². The molecule has 1 aromatic rings. The van der Waals surface area contributed by atoms with Crippen LogP contribution in [-0.2, 0) is 4.79 Å². The molecule has 1 aromatic carbocycles. The highest BCUT2D eigenvalue weighted by molar-refractivity contribution is 8.01. The monoisotopic (exact) mass is 309 g/mol. The highest BCUT2D eigenvalue weighted by Crippen LogP contribution is 2.52. The first-order valence-electron chi connectivity index (χ1n) is 7.44. The molecule has 0 unspecified atom stereocenters. The van der Waals surface area contributed by atoms with Crippen LogP contribution < -0.4 is 5.32 Å². The number of nitrogens with one attached hydrogen (secondary N) is 1. The van der Waals surface area contributed by atoms with Crippen LogP contribution in [0.15, 0.2) is 29.2 Å². The van der Waals surface area contributed by atoms with E-state index in [1.54, 1.807) is 11.8 Å². The van der Waals surface area contributed by atoms with Gasteiger partial charge in [-0.1, -0.05) is 30.9 Å². The number of halogens is 1. The Morgan fingerprint density at radius 1 is 1.15 bits per heavy atom. The first-order chi connectivity index (χ1) is 9.68. The van der Waals surface area contributed by atoms with Crippen LogP contribution in [0.1, 0.15) is 44.9 Å².